The number of hydrogen-bond acceptors (Lipinski definition) is 4. The summed E-state index contributed by atoms with van der Waals surface area (Å²) in [5, 5.41) is 1.23. The predicted molar refractivity (Wildman–Crippen MR) is 63.1 cm³/mol. The van der Waals surface area contributed by atoms with Gasteiger partial charge in [0.15, 0.2) is 0 Å². The van der Waals surface area contributed by atoms with Gasteiger partial charge in [0.2, 0.25) is 0 Å². The van der Waals surface area contributed by atoms with Crippen molar-refractivity contribution in [1.29, 1.82) is 0 Å². The van der Waals surface area contributed by atoms with E-state index in [0.717, 1.165) is 25.9 Å². The van der Waals surface area contributed by atoms with E-state index in [2.05, 4.69) is 4.98 Å². The number of nitrogens with two attached hydrogens (primary N) is 1. The fourth-order valence-electron chi connectivity index (χ4n) is 1.91. The molecule has 1 unspecified atom stereocenters. The van der Waals surface area contributed by atoms with Gasteiger partial charge in [0, 0.05) is 24.6 Å². The molecule has 2 N–H and O–H groups in total. The molecule has 1 atom stereocenters. The number of aromatic nitrogens is 1. The van der Waals surface area contributed by atoms with Crippen LogP contribution >= 0.6 is 0 Å². The van der Waals surface area contributed by atoms with E-state index in [1.807, 2.05) is 0 Å². The fraction of sp³-hybridized carbons (Fsp3) is 0.500. The number of pyridine rings is 1. The number of amides is 1. The van der Waals surface area contributed by atoms with Crippen molar-refractivity contribution < 1.29 is 9.53 Å². The Balaban J connectivity index is 1.91. The van der Waals surface area contributed by atoms with Gasteiger partial charge in [-0.15, -0.1) is 0 Å². The molecule has 0 spiro atoms. The maximum atomic E-state index is 11.9. The van der Waals surface area contributed by atoms with Crippen LogP contribution in [-0.2, 0) is 4.74 Å². The summed E-state index contributed by atoms with van der Waals surface area (Å²) in [5.41, 5.74) is 0.554. The Labute approximate surface area is 101 Å². The van der Waals surface area contributed by atoms with Crippen molar-refractivity contribution in [3.8, 4) is 0 Å². The minimum atomic E-state index is -0.193. The van der Waals surface area contributed by atoms with Gasteiger partial charge in [0.05, 0.1) is 12.6 Å². The summed E-state index contributed by atoms with van der Waals surface area (Å²) in [7, 11) is 0. The average molecular weight is 235 g/mol. The van der Waals surface area contributed by atoms with Crippen LogP contribution in [0.15, 0.2) is 24.5 Å². The second-order valence-corrected chi connectivity index (χ2v) is 4.18. The van der Waals surface area contributed by atoms with Crippen molar-refractivity contribution in [2.75, 3.05) is 13.2 Å². The standard InChI is InChI=1S/C12H17N3O2/c13-15(9-11-3-1-2-8-17-11)12(16)10-4-6-14-7-5-10/h4-7,11H,1-3,8-9,13H2. The van der Waals surface area contributed by atoms with Crippen LogP contribution in [0.4, 0.5) is 0 Å². The monoisotopic (exact) mass is 235 g/mol. The van der Waals surface area contributed by atoms with Crippen LogP contribution in [0.25, 0.3) is 0 Å². The molecule has 0 aromatic carbocycles. The first-order valence-electron chi connectivity index (χ1n) is 5.85. The smallest absolute Gasteiger partial charge is 0.267 e. The number of carbonyl (C=O) groups excluding carboxylic acids is 1. The SMILES string of the molecule is NN(CC1CCCCO1)C(=O)c1ccncc1. The first kappa shape index (κ1) is 12.0. The minimum absolute atomic E-state index is 0.0690. The number of hydrazine groups is 1. The van der Waals surface area contributed by atoms with Crippen LogP contribution in [-0.4, -0.2) is 35.2 Å². The second kappa shape index (κ2) is 5.75. The third kappa shape index (κ3) is 3.25. The fourth-order valence-corrected chi connectivity index (χ4v) is 1.91. The van der Waals surface area contributed by atoms with Gasteiger partial charge in [-0.25, -0.2) is 5.84 Å². The Kier molecular flexibility index (Phi) is 4.06. The summed E-state index contributed by atoms with van der Waals surface area (Å²) in [6, 6.07) is 3.31. The van der Waals surface area contributed by atoms with Crippen molar-refractivity contribution >= 4 is 5.91 Å². The Bertz CT molecular complexity index is 363. The van der Waals surface area contributed by atoms with Crippen LogP contribution in [0.3, 0.4) is 0 Å². The van der Waals surface area contributed by atoms with E-state index in [1.165, 1.54) is 5.01 Å². The lowest BCUT2D eigenvalue weighted by atomic mass is 10.1. The van der Waals surface area contributed by atoms with E-state index in [0.29, 0.717) is 12.1 Å². The number of ether oxygens (including phenoxy) is 1. The number of carbonyl (C=O) groups is 1. The zero-order valence-corrected chi connectivity index (χ0v) is 9.71. The number of nitrogens with zero attached hydrogens (tertiary/aromatic N) is 2. The molecule has 0 bridgehead atoms. The Morgan fingerprint density at radius 3 is 2.88 bits per heavy atom. The molecule has 1 amide bonds. The summed E-state index contributed by atoms with van der Waals surface area (Å²) in [5.74, 6) is 5.57. The summed E-state index contributed by atoms with van der Waals surface area (Å²) in [6.07, 6.45) is 6.44. The van der Waals surface area contributed by atoms with Crippen molar-refractivity contribution in [2.24, 2.45) is 5.84 Å². The molecule has 5 nitrogen and oxygen atoms in total. The van der Waals surface area contributed by atoms with E-state index in [9.17, 15) is 4.79 Å². The van der Waals surface area contributed by atoms with Crippen LogP contribution in [0, 0.1) is 0 Å². The third-order valence-electron chi connectivity index (χ3n) is 2.86. The van der Waals surface area contributed by atoms with E-state index in [1.54, 1.807) is 24.5 Å². The molecular formula is C12H17N3O2. The number of hydrogen-bond donors (Lipinski definition) is 1. The van der Waals surface area contributed by atoms with Crippen LogP contribution in [0.5, 0.6) is 0 Å². The first-order valence-corrected chi connectivity index (χ1v) is 5.85. The van der Waals surface area contributed by atoms with Crippen molar-refractivity contribution in [3.63, 3.8) is 0 Å². The highest BCUT2D eigenvalue weighted by atomic mass is 16.5. The van der Waals surface area contributed by atoms with Gasteiger partial charge in [-0.2, -0.15) is 0 Å². The molecule has 1 aromatic rings. The maximum Gasteiger partial charge on any atom is 0.267 e. The molecule has 1 aliphatic rings. The first-order chi connectivity index (χ1) is 8.27. The normalized spacial score (nSPS) is 19.9. The van der Waals surface area contributed by atoms with Crippen molar-refractivity contribution in [3.05, 3.63) is 30.1 Å². The van der Waals surface area contributed by atoms with Gasteiger partial charge in [0.1, 0.15) is 0 Å². The highest BCUT2D eigenvalue weighted by Gasteiger charge is 2.20. The zero-order valence-electron chi connectivity index (χ0n) is 9.71. The molecular weight excluding hydrogens is 218 g/mol. The lowest BCUT2D eigenvalue weighted by molar-refractivity contribution is -0.00401. The summed E-state index contributed by atoms with van der Waals surface area (Å²) in [6.45, 7) is 1.21. The van der Waals surface area contributed by atoms with Crippen molar-refractivity contribution in [2.45, 2.75) is 25.4 Å². The minimum Gasteiger partial charge on any atom is -0.376 e. The summed E-state index contributed by atoms with van der Waals surface area (Å²) < 4.78 is 5.55. The molecule has 17 heavy (non-hydrogen) atoms. The molecule has 0 saturated carbocycles. The molecule has 1 saturated heterocycles. The molecule has 2 heterocycles. The average Bonchev–Trinajstić information content (AvgIpc) is 2.40. The second-order valence-electron chi connectivity index (χ2n) is 4.18. The molecule has 92 valence electrons. The van der Waals surface area contributed by atoms with Gasteiger partial charge >= 0.3 is 0 Å². The van der Waals surface area contributed by atoms with E-state index >= 15 is 0 Å². The number of rotatable bonds is 3. The lowest BCUT2D eigenvalue weighted by Gasteiger charge is -2.26. The zero-order chi connectivity index (χ0) is 12.1. The van der Waals surface area contributed by atoms with Gasteiger partial charge in [-0.05, 0) is 31.4 Å². The molecule has 0 radical (unpaired) electrons. The molecule has 5 heteroatoms. The van der Waals surface area contributed by atoms with Crippen LogP contribution < -0.4 is 5.84 Å². The summed E-state index contributed by atoms with van der Waals surface area (Å²) in [4.78, 5) is 15.8. The largest absolute Gasteiger partial charge is 0.376 e. The molecule has 0 aliphatic carbocycles. The highest BCUT2D eigenvalue weighted by Crippen LogP contribution is 2.13. The van der Waals surface area contributed by atoms with Crippen LogP contribution in [0.1, 0.15) is 29.6 Å². The van der Waals surface area contributed by atoms with Crippen molar-refractivity contribution in [1.82, 2.24) is 9.99 Å². The highest BCUT2D eigenvalue weighted by molar-refractivity contribution is 5.93. The molecule has 2 rings (SSSR count). The maximum absolute atomic E-state index is 11.9. The molecule has 1 fully saturated rings. The van der Waals surface area contributed by atoms with Gasteiger partial charge in [-0.3, -0.25) is 14.8 Å². The van der Waals surface area contributed by atoms with Crippen LogP contribution in [0.2, 0.25) is 0 Å². The molecule has 1 aromatic heterocycles. The predicted octanol–water partition coefficient (Wildman–Crippen LogP) is 0.967. The van der Waals surface area contributed by atoms with Gasteiger partial charge in [-0.1, -0.05) is 0 Å². The third-order valence-corrected chi connectivity index (χ3v) is 2.86. The lowest BCUT2D eigenvalue weighted by Crippen LogP contribution is -2.44. The van der Waals surface area contributed by atoms with Gasteiger partial charge in [0.25, 0.3) is 5.91 Å². The van der Waals surface area contributed by atoms with Gasteiger partial charge < -0.3 is 4.74 Å². The quantitative estimate of drug-likeness (QED) is 0.481. The summed E-state index contributed by atoms with van der Waals surface area (Å²) >= 11 is 0. The molecule has 1 aliphatic heterocycles. The van der Waals surface area contributed by atoms with E-state index in [-0.39, 0.29) is 12.0 Å². The Morgan fingerprint density at radius 2 is 2.24 bits per heavy atom. The van der Waals surface area contributed by atoms with E-state index < -0.39 is 0 Å². The Hall–Kier alpha value is -1.46. The van der Waals surface area contributed by atoms with E-state index in [4.69, 9.17) is 10.6 Å². The topological polar surface area (TPSA) is 68.4 Å². The Morgan fingerprint density at radius 1 is 1.47 bits per heavy atom.